The van der Waals surface area contributed by atoms with Gasteiger partial charge in [-0.2, -0.15) is 5.10 Å². The van der Waals surface area contributed by atoms with Crippen LogP contribution in [0.2, 0.25) is 0 Å². The maximum atomic E-state index is 12.3. The van der Waals surface area contributed by atoms with Gasteiger partial charge in [0.15, 0.2) is 0 Å². The van der Waals surface area contributed by atoms with Crippen molar-refractivity contribution in [2.75, 3.05) is 5.32 Å². The normalized spacial score (nSPS) is 11.3. The van der Waals surface area contributed by atoms with Crippen LogP contribution in [0.5, 0.6) is 0 Å². The molecular weight excluding hydrogens is 396 g/mol. The molecule has 0 aliphatic heterocycles. The molecule has 30 heavy (non-hydrogen) atoms. The summed E-state index contributed by atoms with van der Waals surface area (Å²) < 4.78 is 0. The highest BCUT2D eigenvalue weighted by Gasteiger charge is 2.27. The molecule has 0 spiro atoms. The van der Waals surface area contributed by atoms with E-state index in [0.29, 0.717) is 11.7 Å². The summed E-state index contributed by atoms with van der Waals surface area (Å²) in [5.41, 5.74) is 3.86. The molecule has 0 aliphatic rings. The molecule has 2 aromatic heterocycles. The lowest BCUT2D eigenvalue weighted by Crippen LogP contribution is -2.28. The molecule has 0 saturated heterocycles. The Kier molecular flexibility index (Phi) is 5.58. The Morgan fingerprint density at radius 2 is 1.80 bits per heavy atom. The Hall–Kier alpha value is -3.52. The quantitative estimate of drug-likeness (QED) is 0.427. The van der Waals surface area contributed by atoms with Crippen LogP contribution in [0, 0.1) is 0 Å². The van der Waals surface area contributed by atoms with E-state index in [0.717, 1.165) is 27.4 Å². The van der Waals surface area contributed by atoms with Crippen molar-refractivity contribution in [3.05, 3.63) is 83.0 Å². The van der Waals surface area contributed by atoms with Gasteiger partial charge in [-0.15, -0.1) is 10.2 Å². The Balaban J connectivity index is 1.34. The number of aromatic amines is 1. The molecule has 0 saturated carbocycles. The third-order valence-corrected chi connectivity index (χ3v) is 6.06. The van der Waals surface area contributed by atoms with Crippen molar-refractivity contribution in [1.82, 2.24) is 25.7 Å². The number of H-pyrrole nitrogens is 1. The largest absolute Gasteiger partial charge is 0.334 e. The highest BCUT2D eigenvalue weighted by Crippen LogP contribution is 2.34. The maximum Gasteiger partial charge on any atom is 0.321 e. The van der Waals surface area contributed by atoms with Crippen LogP contribution in [0.1, 0.15) is 30.0 Å². The maximum absolute atomic E-state index is 12.3. The SMILES string of the molecule is CC(C)(c1ccccc1)c1nnc(NC(=O)NCc2ccc(-c3ccn[nH]3)cc2)s1. The van der Waals surface area contributed by atoms with E-state index < -0.39 is 0 Å². The number of benzene rings is 2. The highest BCUT2D eigenvalue weighted by molar-refractivity contribution is 7.15. The first kappa shape index (κ1) is 19.8. The van der Waals surface area contributed by atoms with Gasteiger partial charge in [-0.25, -0.2) is 4.79 Å². The second-order valence-corrected chi connectivity index (χ2v) is 8.36. The molecule has 8 heteroatoms. The van der Waals surface area contributed by atoms with E-state index in [1.165, 1.54) is 11.3 Å². The standard InChI is InChI=1S/C22H22N6OS/c1-22(2,17-6-4-3-5-7-17)19-27-28-21(30-19)25-20(29)23-14-15-8-10-16(11-9-15)18-12-13-24-26-18/h3-13H,14H2,1-2H3,(H,24,26)(H2,23,25,28,29). The molecule has 0 fully saturated rings. The van der Waals surface area contributed by atoms with Gasteiger partial charge in [0.1, 0.15) is 5.01 Å². The number of nitrogens with one attached hydrogen (secondary N) is 3. The Labute approximate surface area is 178 Å². The highest BCUT2D eigenvalue weighted by atomic mass is 32.1. The van der Waals surface area contributed by atoms with Crippen molar-refractivity contribution in [1.29, 1.82) is 0 Å². The van der Waals surface area contributed by atoms with E-state index in [1.807, 2.05) is 48.5 Å². The first-order valence-corrected chi connectivity index (χ1v) is 10.4. The van der Waals surface area contributed by atoms with Crippen LogP contribution in [-0.2, 0) is 12.0 Å². The van der Waals surface area contributed by atoms with E-state index in [4.69, 9.17) is 0 Å². The van der Waals surface area contributed by atoms with Crippen molar-refractivity contribution >= 4 is 22.5 Å². The van der Waals surface area contributed by atoms with Crippen molar-refractivity contribution in [3.8, 4) is 11.3 Å². The van der Waals surface area contributed by atoms with Gasteiger partial charge in [0, 0.05) is 18.2 Å². The summed E-state index contributed by atoms with van der Waals surface area (Å²) >= 11 is 1.38. The fraction of sp³-hybridized carbons (Fsp3) is 0.182. The van der Waals surface area contributed by atoms with Gasteiger partial charge in [0.2, 0.25) is 5.13 Å². The van der Waals surface area contributed by atoms with Gasteiger partial charge in [-0.3, -0.25) is 10.4 Å². The van der Waals surface area contributed by atoms with Crippen molar-refractivity contribution in [3.63, 3.8) is 0 Å². The average molecular weight is 419 g/mol. The zero-order chi connectivity index (χ0) is 21.0. The average Bonchev–Trinajstić information content (AvgIpc) is 3.46. The number of aromatic nitrogens is 4. The number of hydrogen-bond donors (Lipinski definition) is 3. The van der Waals surface area contributed by atoms with Crippen molar-refractivity contribution < 1.29 is 4.79 Å². The molecule has 2 heterocycles. The molecule has 0 radical (unpaired) electrons. The molecule has 2 aromatic carbocycles. The van der Waals surface area contributed by atoms with Crippen LogP contribution in [0.3, 0.4) is 0 Å². The number of urea groups is 1. The van der Waals surface area contributed by atoms with Crippen LogP contribution in [0.4, 0.5) is 9.93 Å². The lowest BCUT2D eigenvalue weighted by molar-refractivity contribution is 0.251. The van der Waals surface area contributed by atoms with Crippen LogP contribution in [0.25, 0.3) is 11.3 Å². The van der Waals surface area contributed by atoms with Gasteiger partial charge in [-0.1, -0.05) is 65.9 Å². The first-order valence-electron chi connectivity index (χ1n) is 9.55. The lowest BCUT2D eigenvalue weighted by Gasteiger charge is -2.21. The minimum absolute atomic E-state index is 0.286. The van der Waals surface area contributed by atoms with E-state index in [1.54, 1.807) is 6.20 Å². The van der Waals surface area contributed by atoms with Crippen LogP contribution >= 0.6 is 11.3 Å². The van der Waals surface area contributed by atoms with E-state index in [-0.39, 0.29) is 11.4 Å². The number of hydrogen-bond acceptors (Lipinski definition) is 5. The van der Waals surface area contributed by atoms with Crippen LogP contribution in [-0.4, -0.2) is 26.4 Å². The number of rotatable bonds is 6. The van der Waals surface area contributed by atoms with Crippen molar-refractivity contribution in [2.24, 2.45) is 0 Å². The molecule has 0 atom stereocenters. The van der Waals surface area contributed by atoms with Gasteiger partial charge in [0.25, 0.3) is 0 Å². The fourth-order valence-electron chi connectivity index (χ4n) is 3.05. The Morgan fingerprint density at radius 1 is 1.03 bits per heavy atom. The minimum Gasteiger partial charge on any atom is -0.334 e. The first-order chi connectivity index (χ1) is 14.5. The monoisotopic (exact) mass is 418 g/mol. The molecule has 4 rings (SSSR count). The van der Waals surface area contributed by atoms with Gasteiger partial charge >= 0.3 is 6.03 Å². The van der Waals surface area contributed by atoms with Gasteiger partial charge in [0.05, 0.1) is 5.69 Å². The molecule has 2 amide bonds. The molecule has 4 aromatic rings. The third-order valence-electron chi connectivity index (χ3n) is 4.89. The summed E-state index contributed by atoms with van der Waals surface area (Å²) in [5.74, 6) is 0. The minimum atomic E-state index is -0.312. The van der Waals surface area contributed by atoms with Crippen LogP contribution < -0.4 is 10.6 Å². The van der Waals surface area contributed by atoms with Crippen LogP contribution in [0.15, 0.2) is 66.9 Å². The van der Waals surface area contributed by atoms with E-state index >= 15 is 0 Å². The summed E-state index contributed by atoms with van der Waals surface area (Å²) in [6.07, 6.45) is 1.72. The molecule has 152 valence electrons. The summed E-state index contributed by atoms with van der Waals surface area (Å²) in [5, 5.41) is 22.2. The summed E-state index contributed by atoms with van der Waals surface area (Å²) in [6, 6.07) is 19.7. The zero-order valence-electron chi connectivity index (χ0n) is 16.7. The number of amides is 2. The Morgan fingerprint density at radius 3 is 2.50 bits per heavy atom. The third kappa shape index (κ3) is 4.38. The molecule has 7 nitrogen and oxygen atoms in total. The predicted molar refractivity (Wildman–Crippen MR) is 118 cm³/mol. The topological polar surface area (TPSA) is 95.6 Å². The number of nitrogens with zero attached hydrogens (tertiary/aromatic N) is 3. The predicted octanol–water partition coefficient (Wildman–Crippen LogP) is 4.58. The molecule has 0 unspecified atom stereocenters. The van der Waals surface area contributed by atoms with Crippen molar-refractivity contribution in [2.45, 2.75) is 25.8 Å². The zero-order valence-corrected chi connectivity index (χ0v) is 17.5. The molecular formula is C22H22N6OS. The van der Waals surface area contributed by atoms with Gasteiger partial charge < -0.3 is 5.32 Å². The number of anilines is 1. The molecule has 0 aliphatic carbocycles. The Bertz CT molecular complexity index is 1100. The second kappa shape index (κ2) is 8.46. The number of carbonyl (C=O) groups excluding carboxylic acids is 1. The summed E-state index contributed by atoms with van der Waals surface area (Å²) in [6.45, 7) is 4.61. The number of carbonyl (C=O) groups is 1. The molecule has 3 N–H and O–H groups in total. The van der Waals surface area contributed by atoms with E-state index in [9.17, 15) is 4.79 Å². The summed E-state index contributed by atoms with van der Waals surface area (Å²) in [7, 11) is 0. The van der Waals surface area contributed by atoms with Gasteiger partial charge in [-0.05, 0) is 36.6 Å². The smallest absolute Gasteiger partial charge is 0.321 e. The lowest BCUT2D eigenvalue weighted by atomic mass is 9.85. The molecule has 0 bridgehead atoms. The fourth-order valence-corrected chi connectivity index (χ4v) is 3.91. The van der Waals surface area contributed by atoms with E-state index in [2.05, 4.69) is 57.0 Å². The summed E-state index contributed by atoms with van der Waals surface area (Å²) in [4.78, 5) is 12.3. The second-order valence-electron chi connectivity index (χ2n) is 7.38.